The van der Waals surface area contributed by atoms with Crippen LogP contribution in [0.25, 0.3) is 0 Å². The number of benzene rings is 1. The third-order valence-electron chi connectivity index (χ3n) is 6.22. The predicted molar refractivity (Wildman–Crippen MR) is 110 cm³/mol. The summed E-state index contributed by atoms with van der Waals surface area (Å²) in [6.45, 7) is 5.50. The van der Waals surface area contributed by atoms with Gasteiger partial charge in [0.1, 0.15) is 5.82 Å². The van der Waals surface area contributed by atoms with Gasteiger partial charge in [-0.2, -0.15) is 10.2 Å². The number of aromatic nitrogens is 2. The molecule has 0 spiro atoms. The molecule has 3 aliphatic heterocycles. The summed E-state index contributed by atoms with van der Waals surface area (Å²) in [5, 5.41) is 12.9. The first kappa shape index (κ1) is 18.2. The molecule has 150 valence electrons. The highest BCUT2D eigenvalue weighted by Gasteiger charge is 2.29. The number of nitrogens with zero attached hydrogens (tertiary/aromatic N) is 5. The zero-order valence-corrected chi connectivity index (χ0v) is 16.6. The zero-order valence-electron chi connectivity index (χ0n) is 16.6. The molecule has 1 fully saturated rings. The van der Waals surface area contributed by atoms with Crippen LogP contribution in [-0.4, -0.2) is 41.2 Å². The second kappa shape index (κ2) is 7.88. The van der Waals surface area contributed by atoms with Crippen molar-refractivity contribution in [3.05, 3.63) is 46.6 Å². The largest absolute Gasteiger partial charge is 0.381 e. The fourth-order valence-corrected chi connectivity index (χ4v) is 4.51. The molecule has 4 heterocycles. The van der Waals surface area contributed by atoms with E-state index >= 15 is 0 Å². The van der Waals surface area contributed by atoms with Crippen LogP contribution in [0.1, 0.15) is 35.2 Å². The van der Waals surface area contributed by atoms with Crippen LogP contribution in [0.5, 0.6) is 0 Å². The third kappa shape index (κ3) is 3.73. The lowest BCUT2D eigenvalue weighted by Crippen LogP contribution is -2.32. The van der Waals surface area contributed by atoms with Gasteiger partial charge < -0.3 is 19.9 Å². The Morgan fingerprint density at radius 3 is 2.76 bits per heavy atom. The Kier molecular flexibility index (Phi) is 4.94. The monoisotopic (exact) mass is 390 g/mol. The molecule has 7 heteroatoms. The van der Waals surface area contributed by atoms with Gasteiger partial charge in [-0.3, -0.25) is 0 Å². The van der Waals surface area contributed by atoms with E-state index in [4.69, 9.17) is 14.7 Å². The lowest BCUT2D eigenvalue weighted by atomic mass is 9.99. The van der Waals surface area contributed by atoms with Gasteiger partial charge in [0.15, 0.2) is 6.19 Å². The lowest BCUT2D eigenvalue weighted by molar-refractivity contribution is 0.0699. The maximum Gasteiger partial charge on any atom is 0.224 e. The van der Waals surface area contributed by atoms with Crippen molar-refractivity contribution in [3.8, 4) is 6.19 Å². The highest BCUT2D eigenvalue weighted by Crippen LogP contribution is 2.33. The quantitative estimate of drug-likeness (QED) is 0.804. The van der Waals surface area contributed by atoms with E-state index in [1.54, 1.807) is 4.90 Å². The van der Waals surface area contributed by atoms with Crippen molar-refractivity contribution in [2.45, 2.75) is 38.9 Å². The summed E-state index contributed by atoms with van der Waals surface area (Å²) >= 11 is 0. The highest BCUT2D eigenvalue weighted by atomic mass is 16.5. The Balaban J connectivity index is 1.41. The summed E-state index contributed by atoms with van der Waals surface area (Å²) in [6.07, 6.45) is 5.45. The van der Waals surface area contributed by atoms with Gasteiger partial charge in [0.05, 0.1) is 18.8 Å². The molecule has 0 radical (unpaired) electrons. The minimum atomic E-state index is 0.567. The van der Waals surface area contributed by atoms with Crippen molar-refractivity contribution in [3.63, 3.8) is 0 Å². The van der Waals surface area contributed by atoms with Crippen molar-refractivity contribution in [1.82, 2.24) is 14.9 Å². The average Bonchev–Trinajstić information content (AvgIpc) is 3.21. The molecule has 2 aromatic rings. The van der Waals surface area contributed by atoms with E-state index in [1.165, 1.54) is 11.1 Å². The molecule has 0 atom stereocenters. The molecule has 5 rings (SSSR count). The molecule has 3 aliphatic rings. The molecule has 0 amide bonds. The van der Waals surface area contributed by atoms with E-state index in [9.17, 15) is 5.26 Å². The van der Waals surface area contributed by atoms with Crippen LogP contribution < -0.4 is 10.2 Å². The van der Waals surface area contributed by atoms with Crippen LogP contribution in [-0.2, 0) is 30.8 Å². The number of hydrogen-bond acceptors (Lipinski definition) is 7. The van der Waals surface area contributed by atoms with Gasteiger partial charge in [-0.25, -0.2) is 4.98 Å². The van der Waals surface area contributed by atoms with E-state index in [0.29, 0.717) is 25.0 Å². The number of nitrogens with one attached hydrogen (secondary N) is 1. The van der Waals surface area contributed by atoms with E-state index in [2.05, 4.69) is 40.7 Å². The Hall–Kier alpha value is -2.85. The minimum Gasteiger partial charge on any atom is -0.381 e. The fraction of sp³-hybridized carbons (Fsp3) is 0.500. The number of fused-ring (bicyclic) bond motifs is 2. The number of ether oxygens (including phenoxy) is 1. The standard InChI is InChI=1S/C22H26N6O/c23-15-27-13-19-20(14-27)25-22(24-11-16-6-9-29-10-7-16)26-21(19)28-8-5-17-3-1-2-4-18(17)12-28/h1-4,16H,5-14H2,(H,24,25,26). The first-order valence-corrected chi connectivity index (χ1v) is 10.5. The summed E-state index contributed by atoms with van der Waals surface area (Å²) < 4.78 is 5.46. The number of anilines is 2. The normalized spacial score (nSPS) is 18.9. The van der Waals surface area contributed by atoms with Gasteiger partial charge in [-0.15, -0.1) is 0 Å². The predicted octanol–water partition coefficient (Wildman–Crippen LogP) is 2.67. The first-order valence-electron chi connectivity index (χ1n) is 10.5. The zero-order chi connectivity index (χ0) is 19.6. The topological polar surface area (TPSA) is 77.3 Å². The van der Waals surface area contributed by atoms with E-state index in [1.807, 2.05) is 0 Å². The van der Waals surface area contributed by atoms with Gasteiger partial charge in [0.25, 0.3) is 0 Å². The third-order valence-corrected chi connectivity index (χ3v) is 6.22. The summed E-state index contributed by atoms with van der Waals surface area (Å²) in [4.78, 5) is 13.8. The van der Waals surface area contributed by atoms with Crippen LogP contribution in [0.15, 0.2) is 24.3 Å². The fourth-order valence-electron chi connectivity index (χ4n) is 4.51. The van der Waals surface area contributed by atoms with Gasteiger partial charge >= 0.3 is 0 Å². The molecule has 1 saturated heterocycles. The SMILES string of the molecule is N#CN1Cc2nc(NCC3CCOCC3)nc(N3CCc4ccccc4C3)c2C1. The molecule has 0 saturated carbocycles. The molecular formula is C22H26N6O. The van der Waals surface area contributed by atoms with Crippen LogP contribution >= 0.6 is 0 Å². The van der Waals surface area contributed by atoms with Crippen LogP contribution in [0.4, 0.5) is 11.8 Å². The van der Waals surface area contributed by atoms with Crippen molar-refractivity contribution in [2.24, 2.45) is 5.92 Å². The maximum absolute atomic E-state index is 9.40. The Bertz CT molecular complexity index is 933. The van der Waals surface area contributed by atoms with Crippen LogP contribution in [0.3, 0.4) is 0 Å². The van der Waals surface area contributed by atoms with Gasteiger partial charge in [-0.1, -0.05) is 24.3 Å². The van der Waals surface area contributed by atoms with Crippen molar-refractivity contribution in [2.75, 3.05) is 36.5 Å². The lowest BCUT2D eigenvalue weighted by Gasteiger charge is -2.31. The van der Waals surface area contributed by atoms with Crippen LogP contribution in [0, 0.1) is 17.4 Å². The minimum absolute atomic E-state index is 0.567. The van der Waals surface area contributed by atoms with Crippen molar-refractivity contribution in [1.29, 1.82) is 5.26 Å². The van der Waals surface area contributed by atoms with Crippen LogP contribution in [0.2, 0.25) is 0 Å². The second-order valence-electron chi connectivity index (χ2n) is 8.13. The number of nitriles is 1. The smallest absolute Gasteiger partial charge is 0.224 e. The molecule has 0 unspecified atom stereocenters. The van der Waals surface area contributed by atoms with Gasteiger partial charge in [0, 0.05) is 38.4 Å². The van der Waals surface area contributed by atoms with Gasteiger partial charge in [0.2, 0.25) is 5.95 Å². The van der Waals surface area contributed by atoms with E-state index in [0.717, 1.165) is 69.2 Å². The molecule has 1 aromatic heterocycles. The average molecular weight is 390 g/mol. The molecular weight excluding hydrogens is 364 g/mol. The second-order valence-corrected chi connectivity index (χ2v) is 8.13. The molecule has 0 aliphatic carbocycles. The molecule has 29 heavy (non-hydrogen) atoms. The summed E-state index contributed by atoms with van der Waals surface area (Å²) in [7, 11) is 0. The summed E-state index contributed by atoms with van der Waals surface area (Å²) in [5.74, 6) is 2.27. The van der Waals surface area contributed by atoms with E-state index < -0.39 is 0 Å². The Morgan fingerprint density at radius 1 is 1.10 bits per heavy atom. The Labute approximate surface area is 171 Å². The maximum atomic E-state index is 9.40. The molecule has 7 nitrogen and oxygen atoms in total. The molecule has 1 aromatic carbocycles. The molecule has 1 N–H and O–H groups in total. The number of rotatable bonds is 4. The summed E-state index contributed by atoms with van der Waals surface area (Å²) in [6, 6.07) is 8.63. The van der Waals surface area contributed by atoms with Crippen molar-refractivity contribution < 1.29 is 4.74 Å². The number of hydrogen-bond donors (Lipinski definition) is 1. The first-order chi connectivity index (χ1) is 14.3. The van der Waals surface area contributed by atoms with Crippen molar-refractivity contribution >= 4 is 11.8 Å². The Morgan fingerprint density at radius 2 is 1.93 bits per heavy atom. The van der Waals surface area contributed by atoms with E-state index in [-0.39, 0.29) is 0 Å². The highest BCUT2D eigenvalue weighted by molar-refractivity contribution is 5.56. The summed E-state index contributed by atoms with van der Waals surface area (Å²) in [5.41, 5.74) is 4.86. The molecule has 0 bridgehead atoms. The van der Waals surface area contributed by atoms with Gasteiger partial charge in [-0.05, 0) is 36.3 Å².